The highest BCUT2D eigenvalue weighted by Crippen LogP contribution is 2.39. The summed E-state index contributed by atoms with van der Waals surface area (Å²) in [4.78, 5) is 31.5. The van der Waals surface area contributed by atoms with E-state index < -0.39 is 0 Å². The average molecular weight is 459 g/mol. The van der Waals surface area contributed by atoms with Crippen molar-refractivity contribution in [1.29, 1.82) is 0 Å². The molecule has 2 heterocycles. The van der Waals surface area contributed by atoms with Crippen LogP contribution in [0.25, 0.3) is 22.8 Å². The predicted octanol–water partition coefficient (Wildman–Crippen LogP) is 4.26. The summed E-state index contributed by atoms with van der Waals surface area (Å²) in [6.45, 7) is 9.11. The van der Waals surface area contributed by atoms with Gasteiger partial charge in [-0.2, -0.15) is 0 Å². The maximum Gasteiger partial charge on any atom is 0.256 e. The SMILES string of the molecule is CCN(CC)CCNC(=O)c1c(C)[nH]c(/C=C2\C(=O)Nc3ccccc32)c1-c1ccccc1O. The van der Waals surface area contributed by atoms with Gasteiger partial charge in [0.15, 0.2) is 0 Å². The van der Waals surface area contributed by atoms with Gasteiger partial charge in [0.05, 0.1) is 11.1 Å². The number of nitrogens with one attached hydrogen (secondary N) is 3. The normalized spacial score (nSPS) is 13.9. The number of aromatic hydroxyl groups is 1. The minimum absolute atomic E-state index is 0.0645. The number of phenols is 1. The second-order valence-corrected chi connectivity index (χ2v) is 8.27. The Kier molecular flexibility index (Phi) is 6.84. The van der Waals surface area contributed by atoms with Gasteiger partial charge >= 0.3 is 0 Å². The van der Waals surface area contributed by atoms with E-state index in [-0.39, 0.29) is 17.6 Å². The van der Waals surface area contributed by atoms with E-state index in [1.165, 1.54) is 0 Å². The van der Waals surface area contributed by atoms with Gasteiger partial charge in [-0.15, -0.1) is 0 Å². The molecule has 0 bridgehead atoms. The molecule has 2 aromatic carbocycles. The quantitative estimate of drug-likeness (QED) is 0.379. The van der Waals surface area contributed by atoms with Gasteiger partial charge in [0.25, 0.3) is 11.8 Å². The molecule has 0 saturated heterocycles. The number of amides is 2. The number of aromatic amines is 1. The second-order valence-electron chi connectivity index (χ2n) is 8.27. The first kappa shape index (κ1) is 23.3. The maximum absolute atomic E-state index is 13.3. The van der Waals surface area contributed by atoms with E-state index in [9.17, 15) is 14.7 Å². The topological polar surface area (TPSA) is 97.5 Å². The van der Waals surface area contributed by atoms with E-state index in [1.54, 1.807) is 24.3 Å². The van der Waals surface area contributed by atoms with Crippen LogP contribution in [0.5, 0.6) is 5.75 Å². The van der Waals surface area contributed by atoms with Gasteiger partial charge in [-0.3, -0.25) is 9.59 Å². The highest BCUT2D eigenvalue weighted by Gasteiger charge is 2.27. The number of carbonyl (C=O) groups is 2. The van der Waals surface area contributed by atoms with E-state index in [4.69, 9.17) is 0 Å². The molecule has 0 saturated carbocycles. The molecule has 0 aliphatic carbocycles. The third kappa shape index (κ3) is 4.47. The molecule has 1 aliphatic heterocycles. The van der Waals surface area contributed by atoms with Crippen LogP contribution in [0, 0.1) is 6.92 Å². The van der Waals surface area contributed by atoms with E-state index >= 15 is 0 Å². The van der Waals surface area contributed by atoms with Crippen LogP contribution in [0.4, 0.5) is 5.69 Å². The molecule has 3 aromatic rings. The zero-order chi connectivity index (χ0) is 24.2. The Bertz CT molecular complexity index is 1250. The molecule has 0 unspecified atom stereocenters. The summed E-state index contributed by atoms with van der Waals surface area (Å²) in [5.41, 5.74) is 4.86. The Balaban J connectivity index is 1.78. The van der Waals surface area contributed by atoms with E-state index in [1.807, 2.05) is 37.3 Å². The summed E-state index contributed by atoms with van der Waals surface area (Å²) in [5.74, 6) is -0.364. The summed E-state index contributed by atoms with van der Waals surface area (Å²) in [7, 11) is 0. The zero-order valence-corrected chi connectivity index (χ0v) is 19.7. The van der Waals surface area contributed by atoms with Crippen LogP contribution in [0.1, 0.15) is 41.2 Å². The monoisotopic (exact) mass is 458 g/mol. The largest absolute Gasteiger partial charge is 0.507 e. The third-order valence-corrected chi connectivity index (χ3v) is 6.22. The van der Waals surface area contributed by atoms with Gasteiger partial charge in [-0.25, -0.2) is 0 Å². The van der Waals surface area contributed by atoms with Crippen molar-refractivity contribution in [3.63, 3.8) is 0 Å². The van der Waals surface area contributed by atoms with Crippen molar-refractivity contribution in [2.45, 2.75) is 20.8 Å². The first-order valence-corrected chi connectivity index (χ1v) is 11.6. The molecule has 7 nitrogen and oxygen atoms in total. The molecule has 7 heteroatoms. The number of hydrogen-bond acceptors (Lipinski definition) is 4. The first-order chi connectivity index (χ1) is 16.4. The van der Waals surface area contributed by atoms with Crippen LogP contribution < -0.4 is 10.6 Å². The summed E-state index contributed by atoms with van der Waals surface area (Å²) in [5, 5.41) is 16.5. The van der Waals surface area contributed by atoms with E-state index in [2.05, 4.69) is 34.4 Å². The zero-order valence-electron chi connectivity index (χ0n) is 19.7. The smallest absolute Gasteiger partial charge is 0.256 e. The fourth-order valence-electron chi connectivity index (χ4n) is 4.39. The fourth-order valence-corrected chi connectivity index (χ4v) is 4.39. The molecule has 0 atom stereocenters. The molecule has 4 N–H and O–H groups in total. The maximum atomic E-state index is 13.3. The number of carbonyl (C=O) groups excluding carboxylic acids is 2. The molecule has 176 valence electrons. The van der Waals surface area contributed by atoms with Crippen LogP contribution in [-0.4, -0.2) is 53.0 Å². The summed E-state index contributed by atoms with van der Waals surface area (Å²) in [6, 6.07) is 14.4. The van der Waals surface area contributed by atoms with Gasteiger partial charge in [0, 0.05) is 46.9 Å². The predicted molar refractivity (Wildman–Crippen MR) is 136 cm³/mol. The molecule has 4 rings (SSSR count). The number of nitrogens with zero attached hydrogens (tertiary/aromatic N) is 1. The number of phenolic OH excluding ortho intramolecular Hbond substituents is 1. The van der Waals surface area contributed by atoms with Crippen molar-refractivity contribution in [2.24, 2.45) is 0 Å². The van der Waals surface area contributed by atoms with Gasteiger partial charge in [0.2, 0.25) is 0 Å². The Morgan fingerprint density at radius 2 is 1.74 bits per heavy atom. The highest BCUT2D eigenvalue weighted by atomic mass is 16.3. The first-order valence-electron chi connectivity index (χ1n) is 11.6. The van der Waals surface area contributed by atoms with Crippen LogP contribution in [0.15, 0.2) is 48.5 Å². The molecule has 1 aromatic heterocycles. The lowest BCUT2D eigenvalue weighted by molar-refractivity contribution is -0.110. The number of anilines is 1. The van der Waals surface area contributed by atoms with Crippen molar-refractivity contribution in [1.82, 2.24) is 15.2 Å². The van der Waals surface area contributed by atoms with Crippen molar-refractivity contribution >= 4 is 29.2 Å². The second kappa shape index (κ2) is 9.97. The van der Waals surface area contributed by atoms with Crippen molar-refractivity contribution in [3.05, 3.63) is 71.0 Å². The molecule has 2 amide bonds. The lowest BCUT2D eigenvalue weighted by Gasteiger charge is -2.18. The number of likely N-dealkylation sites (N-methyl/N-ethyl adjacent to an activating group) is 1. The minimum Gasteiger partial charge on any atom is -0.507 e. The number of fused-ring (bicyclic) bond motifs is 1. The van der Waals surface area contributed by atoms with Crippen molar-refractivity contribution < 1.29 is 14.7 Å². The molecule has 0 spiro atoms. The molecule has 1 aliphatic rings. The highest BCUT2D eigenvalue weighted by molar-refractivity contribution is 6.35. The average Bonchev–Trinajstić information content (AvgIpc) is 3.33. The van der Waals surface area contributed by atoms with Crippen LogP contribution in [-0.2, 0) is 4.79 Å². The molecular formula is C27H30N4O3. The Hall–Kier alpha value is -3.84. The number of rotatable bonds is 8. The minimum atomic E-state index is -0.222. The Labute approximate surface area is 199 Å². The molecular weight excluding hydrogens is 428 g/mol. The summed E-state index contributed by atoms with van der Waals surface area (Å²) in [6.07, 6.45) is 1.75. The Morgan fingerprint density at radius 1 is 1.06 bits per heavy atom. The van der Waals surface area contributed by atoms with E-state index in [0.29, 0.717) is 40.2 Å². The van der Waals surface area contributed by atoms with Crippen LogP contribution in [0.2, 0.25) is 0 Å². The fraction of sp³-hybridized carbons (Fsp3) is 0.259. The molecule has 0 fully saturated rings. The van der Waals surface area contributed by atoms with Gasteiger partial charge < -0.3 is 25.6 Å². The van der Waals surface area contributed by atoms with Crippen LogP contribution in [0.3, 0.4) is 0 Å². The summed E-state index contributed by atoms with van der Waals surface area (Å²) >= 11 is 0. The van der Waals surface area contributed by atoms with Gasteiger partial charge in [0.1, 0.15) is 5.75 Å². The number of aryl methyl sites for hydroxylation is 1. The lowest BCUT2D eigenvalue weighted by atomic mass is 9.96. The summed E-state index contributed by atoms with van der Waals surface area (Å²) < 4.78 is 0. The van der Waals surface area contributed by atoms with Crippen molar-refractivity contribution in [2.75, 3.05) is 31.5 Å². The molecule has 0 radical (unpaired) electrons. The Morgan fingerprint density at radius 3 is 2.44 bits per heavy atom. The van der Waals surface area contributed by atoms with Gasteiger partial charge in [-0.1, -0.05) is 50.2 Å². The number of hydrogen-bond donors (Lipinski definition) is 4. The number of H-pyrrole nitrogens is 1. The third-order valence-electron chi connectivity index (χ3n) is 6.22. The van der Waals surface area contributed by atoms with Crippen LogP contribution >= 0.6 is 0 Å². The lowest BCUT2D eigenvalue weighted by Crippen LogP contribution is -2.35. The number of aromatic nitrogens is 1. The number of para-hydroxylation sites is 2. The van der Waals surface area contributed by atoms with Crippen molar-refractivity contribution in [3.8, 4) is 16.9 Å². The molecule has 34 heavy (non-hydrogen) atoms. The van der Waals surface area contributed by atoms with Gasteiger partial charge in [-0.05, 0) is 38.2 Å². The number of benzene rings is 2. The van der Waals surface area contributed by atoms with E-state index in [0.717, 1.165) is 30.9 Å². The standard InChI is InChI=1S/C27H30N4O3/c1-4-31(5-2)15-14-28-27(34)24-17(3)29-22(25(24)19-11-7-9-13-23(19)32)16-20-18-10-6-8-12-21(18)30-26(20)33/h6-13,16,29,32H,4-5,14-15H2,1-3H3,(H,28,34)(H,30,33)/b20-16-.